The summed E-state index contributed by atoms with van der Waals surface area (Å²) < 4.78 is 10.7. The van der Waals surface area contributed by atoms with E-state index in [1.807, 2.05) is 36.4 Å². The second-order valence-corrected chi connectivity index (χ2v) is 6.26. The summed E-state index contributed by atoms with van der Waals surface area (Å²) in [4.78, 5) is 25.7. The van der Waals surface area contributed by atoms with Gasteiger partial charge in [0.2, 0.25) is 5.91 Å². The second kappa shape index (κ2) is 8.39. The van der Waals surface area contributed by atoms with Crippen molar-refractivity contribution in [2.45, 2.75) is 13.5 Å². The summed E-state index contributed by atoms with van der Waals surface area (Å²) in [5.41, 5.74) is 2.29. The molecule has 0 saturated heterocycles. The largest absolute Gasteiger partial charge is 0.496 e. The Kier molecular flexibility index (Phi) is 5.74. The zero-order valence-electron chi connectivity index (χ0n) is 15.9. The molecule has 0 spiro atoms. The minimum Gasteiger partial charge on any atom is -0.496 e. The van der Waals surface area contributed by atoms with E-state index in [1.54, 1.807) is 37.3 Å². The van der Waals surface area contributed by atoms with E-state index < -0.39 is 5.91 Å². The molecule has 1 aromatic heterocycles. The Labute approximate surface area is 162 Å². The van der Waals surface area contributed by atoms with Crippen molar-refractivity contribution in [3.63, 3.8) is 0 Å². The number of hydrogen-bond donors (Lipinski definition) is 1. The van der Waals surface area contributed by atoms with Gasteiger partial charge in [0.15, 0.2) is 11.5 Å². The van der Waals surface area contributed by atoms with E-state index in [2.05, 4.69) is 10.5 Å². The fourth-order valence-corrected chi connectivity index (χ4v) is 2.69. The standard InChI is InChI=1S/C21H21N3O4/c1-14(25)24(2)13-15-8-4-6-10-17(15)22-21(26)18-12-20(28-23-18)16-9-5-7-11-19(16)27-3/h4-12H,13H2,1-3H3,(H,22,26). The predicted octanol–water partition coefficient (Wildman–Crippen LogP) is 3.58. The van der Waals surface area contributed by atoms with E-state index in [-0.39, 0.29) is 11.6 Å². The van der Waals surface area contributed by atoms with Crippen molar-refractivity contribution in [2.24, 2.45) is 0 Å². The van der Waals surface area contributed by atoms with Crippen molar-refractivity contribution in [3.8, 4) is 17.1 Å². The molecule has 0 unspecified atom stereocenters. The molecule has 7 heteroatoms. The number of aromatic nitrogens is 1. The first-order valence-corrected chi connectivity index (χ1v) is 8.70. The summed E-state index contributed by atoms with van der Waals surface area (Å²) >= 11 is 0. The van der Waals surface area contributed by atoms with Crippen LogP contribution in [0.4, 0.5) is 5.69 Å². The van der Waals surface area contributed by atoms with E-state index >= 15 is 0 Å². The average molecular weight is 379 g/mol. The first-order valence-electron chi connectivity index (χ1n) is 8.70. The van der Waals surface area contributed by atoms with Crippen molar-refractivity contribution < 1.29 is 18.8 Å². The van der Waals surface area contributed by atoms with Gasteiger partial charge in [0, 0.05) is 32.3 Å². The Morgan fingerprint density at radius 2 is 1.86 bits per heavy atom. The van der Waals surface area contributed by atoms with Gasteiger partial charge < -0.3 is 19.5 Å². The zero-order valence-corrected chi connectivity index (χ0v) is 15.9. The van der Waals surface area contributed by atoms with Crippen LogP contribution in [0.15, 0.2) is 59.1 Å². The quantitative estimate of drug-likeness (QED) is 0.708. The fourth-order valence-electron chi connectivity index (χ4n) is 2.69. The highest BCUT2D eigenvalue weighted by Gasteiger charge is 2.17. The second-order valence-electron chi connectivity index (χ2n) is 6.26. The first kappa shape index (κ1) is 19.2. The Balaban J connectivity index is 1.80. The summed E-state index contributed by atoms with van der Waals surface area (Å²) in [6.07, 6.45) is 0. The van der Waals surface area contributed by atoms with Gasteiger partial charge in [-0.05, 0) is 23.8 Å². The summed E-state index contributed by atoms with van der Waals surface area (Å²) in [5.74, 6) is 0.609. The maximum absolute atomic E-state index is 12.6. The molecule has 144 valence electrons. The number of nitrogens with one attached hydrogen (secondary N) is 1. The number of nitrogens with zero attached hydrogens (tertiary/aromatic N) is 2. The predicted molar refractivity (Wildman–Crippen MR) is 105 cm³/mol. The molecule has 0 aliphatic heterocycles. The Morgan fingerprint density at radius 1 is 1.14 bits per heavy atom. The third kappa shape index (κ3) is 4.20. The van der Waals surface area contributed by atoms with Crippen LogP contribution in [0.1, 0.15) is 23.0 Å². The molecule has 3 rings (SSSR count). The van der Waals surface area contributed by atoms with Crippen molar-refractivity contribution in [1.29, 1.82) is 0 Å². The summed E-state index contributed by atoms with van der Waals surface area (Å²) in [6, 6.07) is 16.2. The van der Waals surface area contributed by atoms with Crippen LogP contribution in [0.5, 0.6) is 5.75 Å². The Bertz CT molecular complexity index is 997. The number of carbonyl (C=O) groups is 2. The van der Waals surface area contributed by atoms with Crippen molar-refractivity contribution in [3.05, 3.63) is 65.9 Å². The third-order valence-electron chi connectivity index (χ3n) is 4.33. The van der Waals surface area contributed by atoms with E-state index in [4.69, 9.17) is 9.26 Å². The van der Waals surface area contributed by atoms with Gasteiger partial charge in [-0.2, -0.15) is 0 Å². The summed E-state index contributed by atoms with van der Waals surface area (Å²) in [6.45, 7) is 1.88. The van der Waals surface area contributed by atoms with Crippen LogP contribution in [0.25, 0.3) is 11.3 Å². The monoisotopic (exact) mass is 379 g/mol. The smallest absolute Gasteiger partial charge is 0.277 e. The topological polar surface area (TPSA) is 84.7 Å². The number of anilines is 1. The van der Waals surface area contributed by atoms with Gasteiger partial charge in [-0.1, -0.05) is 35.5 Å². The van der Waals surface area contributed by atoms with Gasteiger partial charge in [0.25, 0.3) is 5.91 Å². The number of para-hydroxylation sites is 2. The number of hydrogen-bond acceptors (Lipinski definition) is 5. The molecule has 0 radical (unpaired) electrons. The van der Waals surface area contributed by atoms with Gasteiger partial charge >= 0.3 is 0 Å². The van der Waals surface area contributed by atoms with Gasteiger partial charge in [-0.15, -0.1) is 0 Å². The van der Waals surface area contributed by atoms with Crippen LogP contribution >= 0.6 is 0 Å². The molecule has 0 aliphatic rings. The molecule has 0 bridgehead atoms. The van der Waals surface area contributed by atoms with Crippen LogP contribution in [0.2, 0.25) is 0 Å². The number of benzene rings is 2. The molecular formula is C21H21N3O4. The van der Waals surface area contributed by atoms with Crippen molar-refractivity contribution in [2.75, 3.05) is 19.5 Å². The maximum atomic E-state index is 12.6. The molecule has 1 N–H and O–H groups in total. The molecule has 3 aromatic rings. The van der Waals surface area contributed by atoms with E-state index in [1.165, 1.54) is 6.92 Å². The molecule has 0 aliphatic carbocycles. The van der Waals surface area contributed by atoms with Crippen LogP contribution < -0.4 is 10.1 Å². The van der Waals surface area contributed by atoms with Crippen LogP contribution in [-0.2, 0) is 11.3 Å². The van der Waals surface area contributed by atoms with Gasteiger partial charge in [0.1, 0.15) is 5.75 Å². The van der Waals surface area contributed by atoms with Crippen molar-refractivity contribution in [1.82, 2.24) is 10.1 Å². The van der Waals surface area contributed by atoms with Crippen molar-refractivity contribution >= 4 is 17.5 Å². The highest BCUT2D eigenvalue weighted by atomic mass is 16.5. The van der Waals surface area contributed by atoms with Gasteiger partial charge in [-0.25, -0.2) is 0 Å². The number of methoxy groups -OCH3 is 1. The number of rotatable bonds is 6. The number of ether oxygens (including phenoxy) is 1. The lowest BCUT2D eigenvalue weighted by Gasteiger charge is -2.17. The highest BCUT2D eigenvalue weighted by Crippen LogP contribution is 2.30. The molecule has 0 fully saturated rings. The maximum Gasteiger partial charge on any atom is 0.277 e. The number of amides is 2. The van der Waals surface area contributed by atoms with E-state index in [0.29, 0.717) is 29.3 Å². The fraction of sp³-hybridized carbons (Fsp3) is 0.190. The SMILES string of the molecule is COc1ccccc1-c1cc(C(=O)Nc2ccccc2CN(C)C(C)=O)no1. The van der Waals surface area contributed by atoms with E-state index in [0.717, 1.165) is 5.56 Å². The molecule has 0 saturated carbocycles. The molecule has 2 amide bonds. The lowest BCUT2D eigenvalue weighted by Crippen LogP contribution is -2.24. The minimum absolute atomic E-state index is 0.0564. The van der Waals surface area contributed by atoms with Crippen LogP contribution in [-0.4, -0.2) is 36.0 Å². The molecular weight excluding hydrogens is 358 g/mol. The number of carbonyl (C=O) groups excluding carboxylic acids is 2. The lowest BCUT2D eigenvalue weighted by atomic mass is 10.1. The third-order valence-corrected chi connectivity index (χ3v) is 4.33. The van der Waals surface area contributed by atoms with Crippen LogP contribution in [0, 0.1) is 0 Å². The van der Waals surface area contributed by atoms with Crippen LogP contribution in [0.3, 0.4) is 0 Å². The van der Waals surface area contributed by atoms with Gasteiger partial charge in [0.05, 0.1) is 12.7 Å². The molecule has 7 nitrogen and oxygen atoms in total. The minimum atomic E-state index is -0.400. The Hall–Kier alpha value is -3.61. The highest BCUT2D eigenvalue weighted by molar-refractivity contribution is 6.03. The Morgan fingerprint density at radius 3 is 2.61 bits per heavy atom. The molecule has 0 atom stereocenters. The molecule has 1 heterocycles. The van der Waals surface area contributed by atoms with E-state index in [9.17, 15) is 9.59 Å². The van der Waals surface area contributed by atoms with Gasteiger partial charge in [-0.3, -0.25) is 9.59 Å². The normalized spacial score (nSPS) is 10.4. The molecule has 2 aromatic carbocycles. The lowest BCUT2D eigenvalue weighted by molar-refractivity contribution is -0.128. The first-order chi connectivity index (χ1) is 13.5. The average Bonchev–Trinajstić information content (AvgIpc) is 3.19. The zero-order chi connectivity index (χ0) is 20.1. The summed E-state index contributed by atoms with van der Waals surface area (Å²) in [7, 11) is 3.27. The molecule has 28 heavy (non-hydrogen) atoms. The summed E-state index contributed by atoms with van der Waals surface area (Å²) in [5, 5.41) is 6.71.